The van der Waals surface area contributed by atoms with Crippen LogP contribution < -0.4 is 14.8 Å². The predicted molar refractivity (Wildman–Crippen MR) is 125 cm³/mol. The molecule has 34 heavy (non-hydrogen) atoms. The second-order valence-corrected chi connectivity index (χ2v) is 10.2. The molecule has 0 atom stereocenters. The summed E-state index contributed by atoms with van der Waals surface area (Å²) in [5.41, 5.74) is -0.543. The molecule has 1 aromatic carbocycles. The highest BCUT2D eigenvalue weighted by atomic mass is 32.2. The number of nitrogens with zero attached hydrogens (tertiary/aromatic N) is 3. The first-order chi connectivity index (χ1) is 15.8. The Morgan fingerprint density at radius 3 is 2.50 bits per heavy atom. The maximum absolute atomic E-state index is 12.9. The number of nitrogens with one attached hydrogen (secondary N) is 2. The van der Waals surface area contributed by atoms with Crippen molar-refractivity contribution in [1.29, 1.82) is 0 Å². The van der Waals surface area contributed by atoms with E-state index in [1.807, 2.05) is 20.8 Å². The fraction of sp³-hybridized carbons (Fsp3) is 0.524. The Labute approximate surface area is 198 Å². The van der Waals surface area contributed by atoms with E-state index in [2.05, 4.69) is 15.1 Å². The lowest BCUT2D eigenvalue weighted by Crippen LogP contribution is -2.29. The molecule has 12 nitrogen and oxygen atoms in total. The maximum atomic E-state index is 12.9. The first kappa shape index (κ1) is 27.2. The third-order valence-corrected chi connectivity index (χ3v) is 6.17. The summed E-state index contributed by atoms with van der Waals surface area (Å²) in [7, 11) is -2.60. The minimum absolute atomic E-state index is 0.108. The predicted octanol–water partition coefficient (Wildman–Crippen LogP) is 2.71. The molecule has 0 saturated carbocycles. The van der Waals surface area contributed by atoms with Crippen LogP contribution in [0.15, 0.2) is 23.1 Å². The van der Waals surface area contributed by atoms with E-state index in [0.29, 0.717) is 18.6 Å². The largest absolute Gasteiger partial charge is 0.438 e. The monoisotopic (exact) mass is 497 g/mol. The number of benzene rings is 1. The number of hydrogen-bond acceptors (Lipinski definition) is 8. The van der Waals surface area contributed by atoms with Gasteiger partial charge in [-0.1, -0.05) is 6.92 Å². The molecule has 2 aromatic rings. The van der Waals surface area contributed by atoms with Gasteiger partial charge in [-0.3, -0.25) is 14.9 Å². The third-order valence-electron chi connectivity index (χ3n) is 4.69. The van der Waals surface area contributed by atoms with Crippen LogP contribution in [-0.2, 0) is 20.3 Å². The minimum Gasteiger partial charge on any atom is -0.438 e. The van der Waals surface area contributed by atoms with Crippen LogP contribution in [-0.4, -0.2) is 55.8 Å². The van der Waals surface area contributed by atoms with Crippen LogP contribution >= 0.6 is 0 Å². The lowest BCUT2D eigenvalue weighted by atomic mass is 10.1. The highest BCUT2D eigenvalue weighted by Gasteiger charge is 2.30. The number of aromatic nitrogens is 2. The average Bonchev–Trinajstić information content (AvgIpc) is 3.09. The first-order valence-corrected chi connectivity index (χ1v) is 12.1. The summed E-state index contributed by atoms with van der Waals surface area (Å²) in [6.07, 6.45) is 0.530. The molecule has 1 amide bonds. The van der Waals surface area contributed by atoms with Crippen molar-refractivity contribution in [3.05, 3.63) is 39.6 Å². The Morgan fingerprint density at radius 2 is 1.94 bits per heavy atom. The summed E-state index contributed by atoms with van der Waals surface area (Å²) in [5.74, 6) is -0.428. The van der Waals surface area contributed by atoms with Gasteiger partial charge in [0.25, 0.3) is 11.6 Å². The van der Waals surface area contributed by atoms with Crippen LogP contribution in [0.5, 0.6) is 11.6 Å². The Hall–Kier alpha value is -3.03. The van der Waals surface area contributed by atoms with E-state index >= 15 is 0 Å². The molecule has 0 spiro atoms. The van der Waals surface area contributed by atoms with Gasteiger partial charge in [0, 0.05) is 37.9 Å². The Bertz CT molecular complexity index is 1150. The zero-order valence-electron chi connectivity index (χ0n) is 20.2. The molecule has 0 bridgehead atoms. The van der Waals surface area contributed by atoms with Gasteiger partial charge in [-0.2, -0.15) is 5.10 Å². The van der Waals surface area contributed by atoms with Crippen molar-refractivity contribution in [2.45, 2.75) is 51.5 Å². The lowest BCUT2D eigenvalue weighted by Gasteiger charge is -2.22. The quantitative estimate of drug-likeness (QED) is 0.273. The van der Waals surface area contributed by atoms with Gasteiger partial charge in [-0.25, -0.2) is 17.8 Å². The summed E-state index contributed by atoms with van der Waals surface area (Å²) in [6, 6.07) is 3.31. The second-order valence-electron chi connectivity index (χ2n) is 8.50. The third kappa shape index (κ3) is 6.30. The van der Waals surface area contributed by atoms with Gasteiger partial charge >= 0.3 is 0 Å². The molecule has 2 N–H and O–H groups in total. The fourth-order valence-electron chi connectivity index (χ4n) is 2.94. The molecule has 13 heteroatoms. The zero-order chi connectivity index (χ0) is 25.7. The van der Waals surface area contributed by atoms with Crippen molar-refractivity contribution in [2.75, 3.05) is 26.8 Å². The number of rotatable bonds is 11. The van der Waals surface area contributed by atoms with Crippen LogP contribution in [0, 0.1) is 17.0 Å². The number of methoxy groups -OCH3 is 1. The SMILES string of the molecule is CCCNS(=O)(=O)c1cc([N+](=O)[O-])ccc1Oc1c(C)c(C(=O)NCCOC)nn1C(C)(C)C. The molecule has 1 heterocycles. The fourth-order valence-corrected chi connectivity index (χ4v) is 4.22. The standard InChI is InChI=1S/C21H31N5O7S/c1-7-10-23-34(30,31)17-13-15(26(28)29)8-9-16(17)33-20-14(2)18(19(27)22-11-12-32-6)24-25(20)21(3,4)5/h8-9,13,23H,7,10-12H2,1-6H3,(H,22,27). The molecule has 0 saturated heterocycles. The van der Waals surface area contributed by atoms with E-state index in [4.69, 9.17) is 9.47 Å². The number of carbonyl (C=O) groups is 1. The minimum atomic E-state index is -4.12. The van der Waals surface area contributed by atoms with Gasteiger partial charge in [0.1, 0.15) is 10.6 Å². The van der Waals surface area contributed by atoms with Crippen molar-refractivity contribution < 1.29 is 27.6 Å². The Balaban J connectivity index is 2.61. The normalized spacial score (nSPS) is 11.9. The summed E-state index contributed by atoms with van der Waals surface area (Å²) in [4.78, 5) is 22.9. The van der Waals surface area contributed by atoms with Crippen molar-refractivity contribution in [2.24, 2.45) is 0 Å². The number of carbonyl (C=O) groups excluding carboxylic acids is 1. The highest BCUT2D eigenvalue weighted by molar-refractivity contribution is 7.89. The molecule has 0 unspecified atom stereocenters. The van der Waals surface area contributed by atoms with E-state index in [1.165, 1.54) is 17.9 Å². The maximum Gasteiger partial charge on any atom is 0.272 e. The van der Waals surface area contributed by atoms with Gasteiger partial charge in [-0.15, -0.1) is 0 Å². The average molecular weight is 498 g/mol. The van der Waals surface area contributed by atoms with E-state index in [9.17, 15) is 23.3 Å². The van der Waals surface area contributed by atoms with Crippen molar-refractivity contribution in [3.8, 4) is 11.6 Å². The second kappa shape index (κ2) is 10.9. The molecule has 188 valence electrons. The van der Waals surface area contributed by atoms with Crippen molar-refractivity contribution in [3.63, 3.8) is 0 Å². The van der Waals surface area contributed by atoms with Gasteiger partial charge in [0.05, 0.1) is 17.1 Å². The van der Waals surface area contributed by atoms with Crippen LogP contribution in [0.25, 0.3) is 0 Å². The highest BCUT2D eigenvalue weighted by Crippen LogP contribution is 2.36. The topological polar surface area (TPSA) is 155 Å². The molecule has 0 aliphatic heterocycles. The number of ether oxygens (including phenoxy) is 2. The van der Waals surface area contributed by atoms with E-state index in [1.54, 1.807) is 13.8 Å². The van der Waals surface area contributed by atoms with Crippen molar-refractivity contribution in [1.82, 2.24) is 19.8 Å². The number of sulfonamides is 1. The van der Waals surface area contributed by atoms with Crippen LogP contribution in [0.1, 0.15) is 50.2 Å². The van der Waals surface area contributed by atoms with Crippen molar-refractivity contribution >= 4 is 21.6 Å². The summed E-state index contributed by atoms with van der Waals surface area (Å²) >= 11 is 0. The molecule has 0 radical (unpaired) electrons. The molecular weight excluding hydrogens is 466 g/mol. The molecule has 0 fully saturated rings. The zero-order valence-corrected chi connectivity index (χ0v) is 21.0. The smallest absolute Gasteiger partial charge is 0.272 e. The van der Waals surface area contributed by atoms with Gasteiger partial charge in [0.15, 0.2) is 5.69 Å². The van der Waals surface area contributed by atoms with Gasteiger partial charge in [0.2, 0.25) is 15.9 Å². The lowest BCUT2D eigenvalue weighted by molar-refractivity contribution is -0.385. The summed E-state index contributed by atoms with van der Waals surface area (Å²) in [6.45, 7) is 9.70. The van der Waals surface area contributed by atoms with Crippen LogP contribution in [0.4, 0.5) is 5.69 Å². The molecule has 0 aliphatic carbocycles. The number of amides is 1. The number of nitro benzene ring substituents is 1. The van der Waals surface area contributed by atoms with Gasteiger partial charge in [-0.05, 0) is 40.2 Å². The van der Waals surface area contributed by atoms with Crippen LogP contribution in [0.3, 0.4) is 0 Å². The molecule has 1 aromatic heterocycles. The number of non-ortho nitro benzene ring substituents is 1. The first-order valence-electron chi connectivity index (χ1n) is 10.7. The van der Waals surface area contributed by atoms with E-state index < -0.39 is 32.1 Å². The number of nitro groups is 1. The molecular formula is C21H31N5O7S. The molecule has 0 aliphatic rings. The van der Waals surface area contributed by atoms with E-state index in [0.717, 1.165) is 12.1 Å². The Morgan fingerprint density at radius 1 is 1.26 bits per heavy atom. The Kier molecular flexibility index (Phi) is 8.75. The molecule has 2 rings (SSSR count). The number of hydrogen-bond donors (Lipinski definition) is 2. The van der Waals surface area contributed by atoms with E-state index in [-0.39, 0.29) is 35.3 Å². The summed E-state index contributed by atoms with van der Waals surface area (Å²) in [5, 5.41) is 18.4. The van der Waals surface area contributed by atoms with Crippen LogP contribution in [0.2, 0.25) is 0 Å². The summed E-state index contributed by atoms with van der Waals surface area (Å²) < 4.78 is 40.6. The van der Waals surface area contributed by atoms with Gasteiger partial charge < -0.3 is 14.8 Å².